The van der Waals surface area contributed by atoms with Crippen LogP contribution in [0.4, 0.5) is 0 Å². The van der Waals surface area contributed by atoms with E-state index in [1.807, 2.05) is 0 Å². The summed E-state index contributed by atoms with van der Waals surface area (Å²) in [6.45, 7) is 15.5. The number of carboxylic acid groups (broad SMARTS) is 2. The van der Waals surface area contributed by atoms with Crippen molar-refractivity contribution in [3.8, 4) is 0 Å². The lowest BCUT2D eigenvalue weighted by atomic mass is 10.0. The number of nitrogens with one attached hydrogen (secondary N) is 16. The van der Waals surface area contributed by atoms with Crippen molar-refractivity contribution in [1.29, 1.82) is 0 Å². The second-order valence-electron chi connectivity index (χ2n) is 28.9. The van der Waals surface area contributed by atoms with Crippen LogP contribution in [-0.4, -0.2) is 221 Å². The molecule has 12 atom stereocenters. The highest BCUT2D eigenvalue weighted by Gasteiger charge is 2.38. The molecule has 6 rings (SSSR count). The molecule has 0 aliphatic carbocycles. The maximum absolute atomic E-state index is 15.0. The van der Waals surface area contributed by atoms with Gasteiger partial charge in [-0.1, -0.05) is 71.0 Å². The highest BCUT2D eigenvalue weighted by molar-refractivity contribution is 7.99. The maximum atomic E-state index is 15.0. The Morgan fingerprint density at radius 3 is 1.62 bits per heavy atom. The molecule has 4 heterocycles. The fourth-order valence-electron chi connectivity index (χ4n) is 12.0. The molecule has 108 heavy (non-hydrogen) atoms. The number of aliphatic carboxylic acids is 2. The Morgan fingerprint density at radius 1 is 0.593 bits per heavy atom. The second kappa shape index (κ2) is 41.6. The molecule has 1 saturated heterocycles. The van der Waals surface area contributed by atoms with Crippen molar-refractivity contribution in [2.75, 3.05) is 24.6 Å². The first-order chi connectivity index (χ1) is 51.1. The molecule has 1 fully saturated rings. The first kappa shape index (κ1) is 86.5. The number of aliphatic hydroxyl groups excluding tert-OH is 1. The largest absolute Gasteiger partial charge is 0.481 e. The fourth-order valence-corrected chi connectivity index (χ4v) is 13.0. The number of amides is 12. The number of carbonyl (C=O) groups is 14. The molecular formula is C73H105N17O17S. The van der Waals surface area contributed by atoms with E-state index in [-0.39, 0.29) is 81.3 Å². The number of thioether (sulfide) groups is 1. The Balaban J connectivity index is 1.43. The Kier molecular flexibility index (Phi) is 33.3. The number of aliphatic hydroxyl groups is 1. The lowest BCUT2D eigenvalue weighted by Crippen LogP contribution is -2.60. The van der Waals surface area contributed by atoms with Gasteiger partial charge in [0.05, 0.1) is 25.0 Å². The molecule has 0 saturated carbocycles. The highest BCUT2D eigenvalue weighted by Crippen LogP contribution is 2.23. The van der Waals surface area contributed by atoms with Crippen LogP contribution in [0.3, 0.4) is 0 Å². The van der Waals surface area contributed by atoms with Crippen molar-refractivity contribution in [1.82, 2.24) is 89.1 Å². The van der Waals surface area contributed by atoms with Crippen molar-refractivity contribution in [2.24, 2.45) is 11.8 Å². The minimum atomic E-state index is -1.62. The number of hydrogen-bond acceptors (Lipinski definition) is 18. The predicted octanol–water partition coefficient (Wildman–Crippen LogP) is 0.00670. The molecule has 590 valence electrons. The number of H-pyrrole nitrogens is 3. The van der Waals surface area contributed by atoms with Gasteiger partial charge < -0.3 is 99.4 Å². The third-order valence-electron chi connectivity index (χ3n) is 17.5. The average molecular weight is 1520 g/mol. The van der Waals surface area contributed by atoms with Gasteiger partial charge in [0.25, 0.3) is 0 Å². The van der Waals surface area contributed by atoms with Gasteiger partial charge in [-0.05, 0) is 114 Å². The van der Waals surface area contributed by atoms with Crippen LogP contribution in [-0.2, 0) is 86.4 Å². The Bertz CT molecular complexity index is 3950. The van der Waals surface area contributed by atoms with Crippen LogP contribution in [0.25, 0.3) is 21.8 Å². The molecule has 35 heteroatoms. The summed E-state index contributed by atoms with van der Waals surface area (Å²) in [6.07, 6.45) is 2.15. The van der Waals surface area contributed by atoms with E-state index in [0.29, 0.717) is 38.6 Å². The summed E-state index contributed by atoms with van der Waals surface area (Å²) in [6, 6.07) is -1.66. The number of carbonyl (C=O) groups excluding carboxylic acids is 12. The maximum Gasteiger partial charge on any atom is 0.303 e. The van der Waals surface area contributed by atoms with Crippen LogP contribution >= 0.6 is 11.8 Å². The van der Waals surface area contributed by atoms with Gasteiger partial charge in [0.15, 0.2) is 0 Å². The first-order valence-electron chi connectivity index (χ1n) is 36.2. The van der Waals surface area contributed by atoms with Gasteiger partial charge in [-0.3, -0.25) is 67.1 Å². The summed E-state index contributed by atoms with van der Waals surface area (Å²) in [7, 11) is 0. The van der Waals surface area contributed by atoms with Gasteiger partial charge in [-0.15, -0.1) is 0 Å². The Hall–Kier alpha value is -10.4. The van der Waals surface area contributed by atoms with Crippen LogP contribution in [0.15, 0.2) is 73.4 Å². The van der Waals surface area contributed by atoms with Gasteiger partial charge >= 0.3 is 11.9 Å². The number of rotatable bonds is 23. The molecule has 3 aromatic heterocycles. The number of aromatic amines is 3. The molecule has 19 N–H and O–H groups in total. The van der Waals surface area contributed by atoms with Gasteiger partial charge in [0.1, 0.15) is 60.4 Å². The highest BCUT2D eigenvalue weighted by atomic mass is 32.2. The zero-order chi connectivity index (χ0) is 79.5. The summed E-state index contributed by atoms with van der Waals surface area (Å²) in [5, 5.41) is 66.0. The number of benzene rings is 2. The molecule has 0 bridgehead atoms. The number of aromatic nitrogens is 4. The molecule has 1 aliphatic rings. The number of imidazole rings is 1. The molecule has 1 aliphatic heterocycles. The van der Waals surface area contributed by atoms with E-state index in [2.05, 4.69) is 89.1 Å². The number of fused-ring (bicyclic) bond motifs is 2. The molecule has 12 amide bonds. The van der Waals surface area contributed by atoms with Crippen molar-refractivity contribution in [3.63, 3.8) is 0 Å². The Labute approximate surface area is 629 Å². The third kappa shape index (κ3) is 28.1. The summed E-state index contributed by atoms with van der Waals surface area (Å²) in [5.74, 6) is -14.2. The SMILES string of the molecule is CC[C@@H]1NC(=O)[C@H](CC(C)C)NC(=O)[C@H](CCC(=O)O)NC(=O)CNC(=O)[C@H](CC(C)C)NC(=O)[C@H](Cc2cnc[nH]2)NC(=O)[C@H](Cc2c[nH]c3ccccc23)NC(=O)[C@H](C)NC(=O)[C@@H](NC(=O)[C@H](CCC(=O)O)NC(C)(C)C)CSCC[C@@H](C(=O)NC[C@@H](C)O)NC(=O)[C@H](Cc2c[nH]c3ccccc23)NC1=O. The fraction of sp³-hybridized carbons (Fsp3) is 0.548. The molecule has 0 spiro atoms. The summed E-state index contributed by atoms with van der Waals surface area (Å²) in [4.78, 5) is 211. The number of hydrogen-bond donors (Lipinski definition) is 19. The van der Waals surface area contributed by atoms with E-state index < -0.39 is 187 Å². The first-order valence-corrected chi connectivity index (χ1v) is 37.4. The normalized spacial score (nSPS) is 23.0. The number of nitrogens with zero attached hydrogens (tertiary/aromatic N) is 1. The minimum absolute atomic E-state index is 0.0235. The molecule has 0 radical (unpaired) electrons. The second-order valence-corrected chi connectivity index (χ2v) is 30.1. The lowest BCUT2D eigenvalue weighted by molar-refractivity contribution is -0.139. The lowest BCUT2D eigenvalue weighted by Gasteiger charge is -2.29. The zero-order valence-electron chi connectivity index (χ0n) is 62.5. The van der Waals surface area contributed by atoms with E-state index in [1.165, 1.54) is 26.4 Å². The predicted molar refractivity (Wildman–Crippen MR) is 401 cm³/mol. The van der Waals surface area contributed by atoms with Crippen LogP contribution in [0.2, 0.25) is 0 Å². The van der Waals surface area contributed by atoms with Crippen molar-refractivity contribution in [2.45, 2.75) is 218 Å². The third-order valence-corrected chi connectivity index (χ3v) is 18.6. The summed E-state index contributed by atoms with van der Waals surface area (Å²) in [5.41, 5.74) is 2.05. The zero-order valence-corrected chi connectivity index (χ0v) is 63.3. The number of para-hydroxylation sites is 2. The Morgan fingerprint density at radius 2 is 1.09 bits per heavy atom. The van der Waals surface area contributed by atoms with Crippen LogP contribution in [0.5, 0.6) is 0 Å². The van der Waals surface area contributed by atoms with Crippen LogP contribution < -0.4 is 69.1 Å². The van der Waals surface area contributed by atoms with Crippen molar-refractivity contribution >= 4 is 116 Å². The minimum Gasteiger partial charge on any atom is -0.481 e. The smallest absolute Gasteiger partial charge is 0.303 e. The van der Waals surface area contributed by atoms with Gasteiger partial charge in [-0.2, -0.15) is 11.8 Å². The van der Waals surface area contributed by atoms with E-state index in [1.54, 1.807) is 116 Å². The van der Waals surface area contributed by atoms with Gasteiger partial charge in [0.2, 0.25) is 70.9 Å². The van der Waals surface area contributed by atoms with E-state index >= 15 is 4.79 Å². The van der Waals surface area contributed by atoms with E-state index in [0.717, 1.165) is 11.8 Å². The monoisotopic (exact) mass is 1520 g/mol. The van der Waals surface area contributed by atoms with Crippen LogP contribution in [0.1, 0.15) is 137 Å². The molecule has 0 unspecified atom stereocenters. The summed E-state index contributed by atoms with van der Waals surface area (Å²) < 4.78 is 0. The van der Waals surface area contributed by atoms with Crippen molar-refractivity contribution < 1.29 is 82.4 Å². The molecular weight excluding hydrogens is 1420 g/mol. The van der Waals surface area contributed by atoms with Crippen molar-refractivity contribution in [3.05, 3.63) is 90.3 Å². The molecule has 34 nitrogen and oxygen atoms in total. The van der Waals surface area contributed by atoms with Crippen LogP contribution in [0, 0.1) is 11.8 Å². The van der Waals surface area contributed by atoms with E-state index in [4.69, 9.17) is 0 Å². The quantitative estimate of drug-likeness (QED) is 0.0409. The van der Waals surface area contributed by atoms with Gasteiger partial charge in [0, 0.05) is 96.0 Å². The van der Waals surface area contributed by atoms with E-state index in [9.17, 15) is 77.6 Å². The number of carboxylic acids is 2. The molecule has 5 aromatic rings. The average Bonchev–Trinajstić information content (AvgIpc) is 1.71. The topological polar surface area (TPSA) is 516 Å². The standard InChI is InChI=1S/C73H105N17O17S/c1-11-47-65(100)87-56(29-43-33-76-49-19-15-13-17-46(43)49)69(104)83-51(63(98)77-31-40(6)91)24-25-108-36-58(89-67(102)52(21-23-61(95)96)90-73(8,9)10)72(107)80-41(7)62(97)84-55(28-42-32-75-48-18-14-12-16-45(42)48)70(105)88-57(30-44-34-74-37-79-44)71(106)85-53(26-38(2)3)64(99)78-35-59(92)81-50(20-22-60(93)94)66(101)86-54(27-39(4)5)68(103)82-47/h12-19,32-34,37-41,47,50-58,75-76,90-91H,11,20-31,35-36H2,1-10H3,(H,74,79)(H,77,98)(H,78,99)(H,80,107)(H,81,92)(H,82,103)(H,83,104)(H,84,97)(H,85,106)(H,86,101)(H,87,100)(H,88,105)(H,89,102)(H,93,94)(H,95,96)/t40-,41+,47+,50+,51+,52+,53+,54+,55+,56+,57+,58+/m1/s1. The van der Waals surface area contributed by atoms with Gasteiger partial charge in [-0.25, -0.2) is 4.98 Å². The summed E-state index contributed by atoms with van der Waals surface area (Å²) >= 11 is 1.03. The molecule has 2 aromatic carbocycles.